The van der Waals surface area contributed by atoms with Crippen molar-refractivity contribution < 1.29 is 31.7 Å². The maximum absolute atomic E-state index is 10.2. The van der Waals surface area contributed by atoms with Gasteiger partial charge in [0.25, 0.3) is 0 Å². The monoisotopic (exact) mass is 181 g/mol. The van der Waals surface area contributed by atoms with Crippen LogP contribution in [0.15, 0.2) is 0 Å². The highest BCUT2D eigenvalue weighted by molar-refractivity contribution is 5.56. The first kappa shape index (κ1) is 9.56. The molecule has 0 saturated carbocycles. The Morgan fingerprint density at radius 1 is 1.25 bits per heavy atom. The quantitative estimate of drug-likeness (QED) is 0.282. The van der Waals surface area contributed by atoms with E-state index in [9.17, 15) is 4.79 Å². The van der Waals surface area contributed by atoms with Crippen LogP contribution in [0.3, 0.4) is 0 Å². The maximum Gasteiger partial charge on any atom is 0.151 e. The molecule has 0 unspecified atom stereocenters. The second-order valence-electron chi connectivity index (χ2n) is 2.29. The third-order valence-corrected chi connectivity index (χ3v) is 1.38. The molecule has 0 saturated heterocycles. The number of hydrogen-bond donors (Lipinski definition) is 5. The van der Waals surface area contributed by atoms with Gasteiger partial charge in [0.15, 0.2) is 6.26 Å². The Labute approximate surface area is 70.1 Å². The Morgan fingerprint density at radius 3 is 2.08 bits per heavy atom. The molecule has 5 N–H and O–H groups in total. The Kier molecular flexibility index (Phi) is 4.12. The van der Waals surface area contributed by atoms with Gasteiger partial charge < -0.3 is 30.3 Å². The average molecular weight is 181 g/mol. The van der Waals surface area contributed by atoms with E-state index >= 15 is 0 Å². The first-order valence-electron chi connectivity index (χ1n) is 3.75. The molecule has 0 spiro atoms. The van der Waals surface area contributed by atoms with Crippen molar-refractivity contribution in [3.8, 4) is 0 Å². The fourth-order valence-electron chi connectivity index (χ4n) is 0.592. The molecular formula is C6H12O6. The van der Waals surface area contributed by atoms with Gasteiger partial charge in [0.2, 0.25) is 0 Å². The summed E-state index contributed by atoms with van der Waals surface area (Å²) in [6.45, 7) is -0.822. The molecule has 0 fully saturated rings. The van der Waals surface area contributed by atoms with E-state index < -0.39 is 37.3 Å². The number of hydrogen-bond acceptors (Lipinski definition) is 6. The molecule has 0 aromatic heterocycles. The normalized spacial score (nSPS) is 22.2. The molecule has 12 heavy (non-hydrogen) atoms. The molecule has 4 atom stereocenters. The Morgan fingerprint density at radius 2 is 1.75 bits per heavy atom. The molecule has 0 aromatic carbocycles. The molecule has 0 aliphatic heterocycles. The van der Waals surface area contributed by atoms with Crippen LogP contribution in [0.5, 0.6) is 0 Å². The minimum Gasteiger partial charge on any atom is -0.394 e. The van der Waals surface area contributed by atoms with Crippen LogP contribution in [-0.4, -0.2) is 62.8 Å². The van der Waals surface area contributed by atoms with E-state index in [2.05, 4.69) is 0 Å². The molecule has 6 nitrogen and oxygen atoms in total. The first-order valence-corrected chi connectivity index (χ1v) is 3.25. The summed E-state index contributed by atoms with van der Waals surface area (Å²) in [5, 5.41) is 43.8. The van der Waals surface area contributed by atoms with Gasteiger partial charge in [0, 0.05) is 0 Å². The largest absolute Gasteiger partial charge is 0.394 e. The molecule has 0 bridgehead atoms. The van der Waals surface area contributed by atoms with E-state index in [1.165, 1.54) is 0 Å². The summed E-state index contributed by atoms with van der Waals surface area (Å²) in [7, 11) is 0. The number of rotatable bonds is 5. The van der Waals surface area contributed by atoms with E-state index in [0.29, 0.717) is 0 Å². The zero-order chi connectivity index (χ0) is 10.6. The molecular weight excluding hydrogens is 168 g/mol. The van der Waals surface area contributed by atoms with Gasteiger partial charge in [0.1, 0.15) is 25.8 Å². The van der Waals surface area contributed by atoms with Crippen molar-refractivity contribution in [1.29, 1.82) is 0 Å². The van der Waals surface area contributed by atoms with Crippen molar-refractivity contribution in [2.75, 3.05) is 6.61 Å². The highest BCUT2D eigenvalue weighted by Crippen LogP contribution is 2.02. The van der Waals surface area contributed by atoms with Gasteiger partial charge >= 0.3 is 0 Å². The van der Waals surface area contributed by atoms with Crippen LogP contribution in [0.2, 0.25) is 0 Å². The minimum atomic E-state index is -2.09. The second-order valence-corrected chi connectivity index (χ2v) is 2.29. The maximum atomic E-state index is 10.2. The topological polar surface area (TPSA) is 118 Å². The summed E-state index contributed by atoms with van der Waals surface area (Å²) < 4.78 is 6.40. The van der Waals surface area contributed by atoms with E-state index in [-0.39, 0.29) is 0 Å². The van der Waals surface area contributed by atoms with E-state index in [4.69, 9.17) is 26.9 Å². The van der Waals surface area contributed by atoms with Crippen LogP contribution in [0.4, 0.5) is 0 Å². The fourth-order valence-corrected chi connectivity index (χ4v) is 0.592. The van der Waals surface area contributed by atoms with Crippen LogP contribution >= 0.6 is 0 Å². The van der Waals surface area contributed by atoms with Crippen LogP contribution in [0.1, 0.15) is 1.37 Å². The van der Waals surface area contributed by atoms with Gasteiger partial charge in [-0.25, -0.2) is 0 Å². The second kappa shape index (κ2) is 5.18. The summed E-state index contributed by atoms with van der Waals surface area (Å²) in [6.07, 6.45) is -9.07. The summed E-state index contributed by atoms with van der Waals surface area (Å²) in [6, 6.07) is 0. The first-order chi connectivity index (χ1) is 5.91. The summed E-state index contributed by atoms with van der Waals surface area (Å²) >= 11 is 0. The number of aldehydes is 1. The summed E-state index contributed by atoms with van der Waals surface area (Å²) in [4.78, 5) is 10.2. The predicted molar refractivity (Wildman–Crippen MR) is 37.2 cm³/mol. The third-order valence-electron chi connectivity index (χ3n) is 1.38. The summed E-state index contributed by atoms with van der Waals surface area (Å²) in [5.74, 6) is 0. The van der Waals surface area contributed by atoms with Crippen molar-refractivity contribution in [1.82, 2.24) is 0 Å². The fraction of sp³-hybridized carbons (Fsp3) is 0.833. The molecule has 0 aliphatic rings. The highest BCUT2D eigenvalue weighted by Gasteiger charge is 2.29. The summed E-state index contributed by atoms with van der Waals surface area (Å²) in [5.41, 5.74) is 0. The van der Waals surface area contributed by atoms with Gasteiger partial charge in [-0.3, -0.25) is 0 Å². The van der Waals surface area contributed by atoms with Crippen molar-refractivity contribution in [3.63, 3.8) is 0 Å². The van der Waals surface area contributed by atoms with Gasteiger partial charge in [-0.05, 0) is 0 Å². The van der Waals surface area contributed by atoms with Crippen LogP contribution in [0, 0.1) is 0 Å². The van der Waals surface area contributed by atoms with Crippen molar-refractivity contribution in [3.05, 3.63) is 0 Å². The average Bonchev–Trinajstić information content (AvgIpc) is 2.12. The number of carbonyl (C=O) groups excluding carboxylic acids is 1. The molecule has 0 radical (unpaired) electrons. The number of carbonyl (C=O) groups is 1. The Bertz CT molecular complexity index is 175. The van der Waals surface area contributed by atoms with Crippen molar-refractivity contribution in [2.24, 2.45) is 0 Å². The number of aliphatic hydroxyl groups is 5. The molecule has 0 amide bonds. The Hall–Kier alpha value is -0.530. The molecule has 0 aliphatic carbocycles. The number of aliphatic hydroxyl groups excluding tert-OH is 5. The highest BCUT2D eigenvalue weighted by atomic mass is 16.4. The zero-order valence-electron chi connectivity index (χ0n) is 7.16. The van der Waals surface area contributed by atoms with Gasteiger partial charge in [0.05, 0.1) is 6.61 Å². The van der Waals surface area contributed by atoms with E-state index in [1.807, 2.05) is 0 Å². The molecule has 72 valence electrons. The zero-order valence-corrected chi connectivity index (χ0v) is 6.16. The van der Waals surface area contributed by atoms with E-state index in [1.54, 1.807) is 0 Å². The standard InChI is InChI=1S/C6H12O6/c7-1-3(9)5(11)6(12)4(10)2-8/h1,3-6,8-12H,2H2/t3-,4-,5-,6-/m1/s1/i1D. The lowest BCUT2D eigenvalue weighted by Crippen LogP contribution is -2.46. The van der Waals surface area contributed by atoms with Gasteiger partial charge in [-0.2, -0.15) is 0 Å². The SMILES string of the molecule is [2H]C(=O)[C@@H](O)[C@@H](O)[C@H](O)[C@H](O)CO. The smallest absolute Gasteiger partial charge is 0.151 e. The minimum absolute atomic E-state index is 0.822. The van der Waals surface area contributed by atoms with Crippen molar-refractivity contribution >= 4 is 6.26 Å². The van der Waals surface area contributed by atoms with Crippen LogP contribution in [0.25, 0.3) is 0 Å². The third kappa shape index (κ3) is 2.84. The lowest BCUT2D eigenvalue weighted by Gasteiger charge is -2.22. The van der Waals surface area contributed by atoms with Crippen LogP contribution < -0.4 is 0 Å². The van der Waals surface area contributed by atoms with Gasteiger partial charge in [-0.1, -0.05) is 0 Å². The van der Waals surface area contributed by atoms with E-state index in [0.717, 1.165) is 0 Å². The molecule has 0 aromatic rings. The van der Waals surface area contributed by atoms with Crippen LogP contribution in [-0.2, 0) is 4.79 Å². The van der Waals surface area contributed by atoms with Crippen molar-refractivity contribution in [2.45, 2.75) is 24.4 Å². The lowest BCUT2D eigenvalue weighted by atomic mass is 10.0. The Balaban J connectivity index is 4.24. The molecule has 6 heteroatoms. The lowest BCUT2D eigenvalue weighted by molar-refractivity contribution is -0.136. The molecule has 0 rings (SSSR count). The van der Waals surface area contributed by atoms with Gasteiger partial charge in [-0.15, -0.1) is 0 Å². The predicted octanol–water partition coefficient (Wildman–Crippen LogP) is -3.38. The molecule has 0 heterocycles.